The summed E-state index contributed by atoms with van der Waals surface area (Å²) in [6.07, 6.45) is 2.49. The molecule has 0 spiro atoms. The lowest BCUT2D eigenvalue weighted by Gasteiger charge is -2.22. The second-order valence-corrected chi connectivity index (χ2v) is 13.8. The van der Waals surface area contributed by atoms with Crippen molar-refractivity contribution in [1.29, 1.82) is 0 Å². The Balaban J connectivity index is 1.08. The van der Waals surface area contributed by atoms with Crippen molar-refractivity contribution >= 4 is 34.6 Å². The van der Waals surface area contributed by atoms with Crippen LogP contribution in [0.5, 0.6) is 5.88 Å². The molecule has 284 valence electrons. The van der Waals surface area contributed by atoms with Crippen LogP contribution in [0, 0.1) is 0 Å². The van der Waals surface area contributed by atoms with E-state index in [9.17, 15) is 15.0 Å². The van der Waals surface area contributed by atoms with Gasteiger partial charge in [-0.1, -0.05) is 67.6 Å². The molecule has 1 saturated heterocycles. The third kappa shape index (κ3) is 7.48. The number of rotatable bonds is 12. The summed E-state index contributed by atoms with van der Waals surface area (Å²) in [6, 6.07) is 22.3. The fraction of sp³-hybridized carbons (Fsp3) is 0.368. The second-order valence-electron chi connectivity index (χ2n) is 13.8. The van der Waals surface area contributed by atoms with Gasteiger partial charge in [-0.25, -0.2) is 14.8 Å². The van der Waals surface area contributed by atoms with Crippen LogP contribution in [0.25, 0.3) is 11.2 Å². The topological polar surface area (TPSA) is 206 Å². The Morgan fingerprint density at radius 2 is 1.71 bits per heavy atom. The molecule has 17 heteroatoms. The molecule has 1 aliphatic heterocycles. The zero-order chi connectivity index (χ0) is 37.9. The van der Waals surface area contributed by atoms with Gasteiger partial charge in [-0.15, -0.1) is 10.2 Å². The molecule has 4 aromatic heterocycles. The first kappa shape index (κ1) is 35.8. The van der Waals surface area contributed by atoms with Gasteiger partial charge < -0.3 is 40.4 Å². The number of anilines is 3. The maximum absolute atomic E-state index is 12.9. The second kappa shape index (κ2) is 15.6. The summed E-state index contributed by atoms with van der Waals surface area (Å²) in [5.41, 5.74) is 3.87. The summed E-state index contributed by atoms with van der Waals surface area (Å²) in [5.74, 6) is 2.01. The Morgan fingerprint density at radius 3 is 2.38 bits per heavy atom. The first-order valence-corrected chi connectivity index (χ1v) is 18.4. The fourth-order valence-electron chi connectivity index (χ4n) is 7.43. The largest absolute Gasteiger partial charge is 0.481 e. The van der Waals surface area contributed by atoms with Crippen molar-refractivity contribution in [3.8, 4) is 5.88 Å². The number of hydrogen-bond donors (Lipinski definition) is 5. The molecule has 2 amide bonds. The molecular formula is C38H43N13O4. The number of fused-ring (bicyclic) bond motifs is 1. The number of amides is 2. The number of methoxy groups -OCH3 is 1. The zero-order valence-corrected chi connectivity index (χ0v) is 30.5. The van der Waals surface area contributed by atoms with Gasteiger partial charge in [0.1, 0.15) is 18.2 Å². The van der Waals surface area contributed by atoms with E-state index in [2.05, 4.69) is 60.6 Å². The minimum atomic E-state index is -1.14. The Hall–Kier alpha value is -6.20. The summed E-state index contributed by atoms with van der Waals surface area (Å²) >= 11 is 0. The number of ether oxygens (including phenoxy) is 1. The number of urea groups is 1. The Labute approximate surface area is 316 Å². The van der Waals surface area contributed by atoms with Crippen molar-refractivity contribution in [3.05, 3.63) is 102 Å². The van der Waals surface area contributed by atoms with Gasteiger partial charge in [0, 0.05) is 44.1 Å². The van der Waals surface area contributed by atoms with Gasteiger partial charge >= 0.3 is 6.03 Å². The van der Waals surface area contributed by atoms with Crippen LogP contribution in [0.15, 0.2) is 85.3 Å². The number of aliphatic hydroxyl groups is 2. The van der Waals surface area contributed by atoms with Gasteiger partial charge in [-0.2, -0.15) is 14.8 Å². The molecule has 5 atom stereocenters. The van der Waals surface area contributed by atoms with Crippen LogP contribution in [0.3, 0.4) is 0 Å². The summed E-state index contributed by atoms with van der Waals surface area (Å²) in [6.45, 7) is 3.51. The lowest BCUT2D eigenvalue weighted by atomic mass is 9.91. The molecule has 2 aromatic carbocycles. The number of pyridine rings is 1. The highest BCUT2D eigenvalue weighted by Gasteiger charge is 2.45. The summed E-state index contributed by atoms with van der Waals surface area (Å²) in [7, 11) is 1.53. The molecule has 1 saturated carbocycles. The van der Waals surface area contributed by atoms with E-state index in [1.54, 1.807) is 18.5 Å². The molecule has 1 aliphatic carbocycles. The van der Waals surface area contributed by atoms with Crippen molar-refractivity contribution in [2.75, 3.05) is 42.3 Å². The third-order valence-electron chi connectivity index (χ3n) is 10.4. The van der Waals surface area contributed by atoms with Crippen LogP contribution in [0.1, 0.15) is 54.7 Å². The van der Waals surface area contributed by atoms with Crippen LogP contribution in [0.2, 0.25) is 0 Å². The molecule has 2 fully saturated rings. The molecular weight excluding hydrogens is 703 g/mol. The van der Waals surface area contributed by atoms with Crippen LogP contribution >= 0.6 is 0 Å². The van der Waals surface area contributed by atoms with Gasteiger partial charge in [0.25, 0.3) is 0 Å². The zero-order valence-electron chi connectivity index (χ0n) is 30.5. The predicted molar refractivity (Wildman–Crippen MR) is 204 cm³/mol. The number of carbonyl (C=O) groups is 1. The van der Waals surface area contributed by atoms with Crippen LogP contribution in [-0.2, 0) is 6.42 Å². The minimum absolute atomic E-state index is 0.00786. The SMILES string of the molecule is CCc1nnn([C@H]2C[C@@H](n3cnc4c(NCC(c5ccccc5)c5ccccc5)nc(N5CC[C@@H](NC(=O)Nc6ccc(OC)nc6)C5)nc43)[C@H](O)[C@@H]2O)n1. The van der Waals surface area contributed by atoms with E-state index in [1.165, 1.54) is 18.1 Å². The van der Waals surface area contributed by atoms with E-state index < -0.39 is 24.3 Å². The molecule has 8 rings (SSSR count). The predicted octanol–water partition coefficient (Wildman–Crippen LogP) is 3.33. The summed E-state index contributed by atoms with van der Waals surface area (Å²) in [4.78, 5) is 35.3. The number of nitrogens with one attached hydrogen (secondary N) is 3. The maximum Gasteiger partial charge on any atom is 0.319 e. The summed E-state index contributed by atoms with van der Waals surface area (Å²) in [5, 5.41) is 44.7. The molecule has 6 aromatic rings. The quantitative estimate of drug-likeness (QED) is 0.122. The van der Waals surface area contributed by atoms with Gasteiger partial charge in [-0.3, -0.25) is 0 Å². The number of tetrazole rings is 1. The number of hydrogen-bond acceptors (Lipinski definition) is 13. The number of nitrogens with zero attached hydrogens (tertiary/aromatic N) is 10. The van der Waals surface area contributed by atoms with Crippen LogP contribution in [-0.4, -0.2) is 106 Å². The molecule has 0 bridgehead atoms. The lowest BCUT2D eigenvalue weighted by Crippen LogP contribution is -2.40. The number of aromatic nitrogens is 9. The minimum Gasteiger partial charge on any atom is -0.481 e. The molecule has 5 N–H and O–H groups in total. The maximum atomic E-state index is 12.9. The first-order chi connectivity index (χ1) is 26.9. The number of aryl methyl sites for hydroxylation is 1. The fourth-order valence-corrected chi connectivity index (χ4v) is 7.43. The Kier molecular flexibility index (Phi) is 10.2. The number of carbonyl (C=O) groups excluding carboxylic acids is 1. The normalized spacial score (nSPS) is 21.0. The Morgan fingerprint density at radius 1 is 0.964 bits per heavy atom. The van der Waals surface area contributed by atoms with E-state index in [4.69, 9.17) is 19.7 Å². The molecule has 0 unspecified atom stereocenters. The highest BCUT2D eigenvalue weighted by Crippen LogP contribution is 2.40. The molecule has 17 nitrogen and oxygen atoms in total. The van der Waals surface area contributed by atoms with Crippen molar-refractivity contribution in [3.63, 3.8) is 0 Å². The molecule has 55 heavy (non-hydrogen) atoms. The van der Waals surface area contributed by atoms with E-state index in [-0.39, 0.29) is 18.0 Å². The highest BCUT2D eigenvalue weighted by molar-refractivity contribution is 5.89. The van der Waals surface area contributed by atoms with Gasteiger partial charge in [0.2, 0.25) is 11.8 Å². The van der Waals surface area contributed by atoms with Crippen molar-refractivity contribution < 1.29 is 19.7 Å². The van der Waals surface area contributed by atoms with Crippen molar-refractivity contribution in [2.24, 2.45) is 0 Å². The Bertz CT molecular complexity index is 2180. The van der Waals surface area contributed by atoms with E-state index in [0.717, 1.165) is 11.1 Å². The van der Waals surface area contributed by atoms with E-state index in [1.807, 2.05) is 52.8 Å². The first-order valence-electron chi connectivity index (χ1n) is 18.4. The van der Waals surface area contributed by atoms with Crippen molar-refractivity contribution in [1.82, 2.24) is 50.0 Å². The summed E-state index contributed by atoms with van der Waals surface area (Å²) < 4.78 is 6.92. The van der Waals surface area contributed by atoms with Gasteiger partial charge in [0.05, 0.1) is 31.4 Å². The smallest absolute Gasteiger partial charge is 0.319 e. The lowest BCUT2D eigenvalue weighted by molar-refractivity contribution is 0.00473. The molecule has 2 aliphatic rings. The van der Waals surface area contributed by atoms with Gasteiger partial charge in [-0.05, 0) is 35.2 Å². The number of benzene rings is 2. The van der Waals surface area contributed by atoms with E-state index >= 15 is 0 Å². The van der Waals surface area contributed by atoms with Crippen molar-refractivity contribution in [2.45, 2.75) is 62.4 Å². The van der Waals surface area contributed by atoms with Crippen LogP contribution in [0.4, 0.5) is 22.2 Å². The standard InChI is InChI=1S/C38H43N13O4/c1-3-30-46-48-51(47-30)29-18-28(33(52)34(29)53)50-22-41-32-35(40-20-27(23-10-6-4-7-11-23)24-12-8-5-9-13-24)44-37(45-36(32)50)49-17-16-26(21-49)43-38(54)42-25-14-15-31(55-2)39-19-25/h4-15,19,22,26-29,33-34,52-53H,3,16-18,20-21H2,1-2H3,(H,40,44,45)(H2,42,43,54)/t26-,28-,29+,33+,34-/m1/s1. The number of aliphatic hydroxyl groups excluding tert-OH is 2. The average Bonchev–Trinajstić information content (AvgIpc) is 4.03. The monoisotopic (exact) mass is 745 g/mol. The van der Waals surface area contributed by atoms with Crippen LogP contribution < -0.4 is 25.6 Å². The number of imidazole rings is 1. The molecule has 0 radical (unpaired) electrons. The highest BCUT2D eigenvalue weighted by atomic mass is 16.5. The third-order valence-corrected chi connectivity index (χ3v) is 10.4. The van der Waals surface area contributed by atoms with Gasteiger partial charge in [0.15, 0.2) is 22.8 Å². The van der Waals surface area contributed by atoms with E-state index in [0.29, 0.717) is 79.2 Å². The molecule has 5 heterocycles. The average molecular weight is 746 g/mol.